The van der Waals surface area contributed by atoms with Crippen molar-refractivity contribution in [3.05, 3.63) is 70.8 Å². The molecule has 0 unspecified atom stereocenters. The van der Waals surface area contributed by atoms with Crippen LogP contribution in [0.15, 0.2) is 53.5 Å². The molecule has 1 N–H and O–H groups in total. The minimum atomic E-state index is -4.36. The average molecular weight is 410 g/mol. The number of halogens is 3. The number of carbonyl (C=O) groups excluding carboxylic acids is 1. The lowest BCUT2D eigenvalue weighted by Crippen LogP contribution is -2.24. The maximum atomic E-state index is 12.6. The van der Waals surface area contributed by atoms with Gasteiger partial charge in [-0.15, -0.1) is 0 Å². The number of carbonyl (C=O) groups is 1. The quantitative estimate of drug-likeness (QED) is 0.757. The molecule has 142 valence electrons. The monoisotopic (exact) mass is 410 g/mol. The lowest BCUT2D eigenvalue weighted by Gasteiger charge is -2.11. The van der Waals surface area contributed by atoms with Gasteiger partial charge in [-0.25, -0.2) is 0 Å². The predicted octanol–water partition coefficient (Wildman–Crippen LogP) is 4.97. The lowest BCUT2D eigenvalue weighted by atomic mass is 10.1. The molecule has 0 atom stereocenters. The van der Waals surface area contributed by atoms with Gasteiger partial charge in [-0.05, 0) is 29.3 Å². The summed E-state index contributed by atoms with van der Waals surface area (Å²) in [4.78, 5) is 16.9. The van der Waals surface area contributed by atoms with Crippen LogP contribution in [0.4, 0.5) is 13.2 Å². The highest BCUT2D eigenvalue weighted by Crippen LogP contribution is 2.29. The van der Waals surface area contributed by atoms with Crippen LogP contribution in [0, 0.1) is 0 Å². The normalized spacial score (nSPS) is 14.1. The topological polar surface area (TPSA) is 41.5 Å². The Morgan fingerprint density at radius 3 is 2.56 bits per heavy atom. The van der Waals surface area contributed by atoms with Crippen LogP contribution < -0.4 is 5.32 Å². The fraction of sp³-hybridized carbons (Fsp3) is 0.263. The van der Waals surface area contributed by atoms with Gasteiger partial charge in [-0.2, -0.15) is 13.2 Å². The highest BCUT2D eigenvalue weighted by molar-refractivity contribution is 8.38. The largest absolute Gasteiger partial charge is 0.416 e. The highest BCUT2D eigenvalue weighted by Gasteiger charge is 2.29. The summed E-state index contributed by atoms with van der Waals surface area (Å²) in [6, 6.07) is 12.1. The van der Waals surface area contributed by atoms with Crippen molar-refractivity contribution in [2.24, 2.45) is 4.99 Å². The van der Waals surface area contributed by atoms with E-state index >= 15 is 0 Å². The Balaban J connectivity index is 1.60. The summed E-state index contributed by atoms with van der Waals surface area (Å²) in [5.74, 6) is 1.40. The first-order valence-electron chi connectivity index (χ1n) is 8.26. The van der Waals surface area contributed by atoms with E-state index in [-0.39, 0.29) is 12.5 Å². The number of amides is 1. The molecule has 1 aliphatic rings. The van der Waals surface area contributed by atoms with Gasteiger partial charge in [0.1, 0.15) is 4.38 Å². The Bertz CT molecular complexity index is 836. The maximum Gasteiger partial charge on any atom is 0.416 e. The molecule has 0 bridgehead atoms. The second-order valence-corrected chi connectivity index (χ2v) is 8.13. The molecule has 0 aliphatic carbocycles. The van der Waals surface area contributed by atoms with Crippen LogP contribution in [0.1, 0.15) is 27.0 Å². The Morgan fingerprint density at radius 1 is 1.15 bits per heavy atom. The van der Waals surface area contributed by atoms with Crippen LogP contribution >= 0.6 is 23.5 Å². The number of thioether (sulfide) groups is 2. The standard InChI is InChI=1S/C19H17F3N2OS2/c20-19(21,22)15-7-5-13(6-8-15)11-24-17(25)16-4-2-1-3-14(16)12-27-18-23-9-10-26-18/h1-8H,9-12H2,(H,24,25). The number of nitrogens with zero attached hydrogens (tertiary/aromatic N) is 1. The first-order valence-corrected chi connectivity index (χ1v) is 10.2. The molecule has 0 saturated carbocycles. The number of aliphatic imine (C=N–C) groups is 1. The van der Waals surface area contributed by atoms with E-state index in [0.29, 0.717) is 16.9 Å². The summed E-state index contributed by atoms with van der Waals surface area (Å²) in [7, 11) is 0. The molecule has 3 nitrogen and oxygen atoms in total. The van der Waals surface area contributed by atoms with E-state index in [1.54, 1.807) is 35.7 Å². The van der Waals surface area contributed by atoms with Gasteiger partial charge in [0, 0.05) is 23.6 Å². The summed E-state index contributed by atoms with van der Waals surface area (Å²) >= 11 is 3.33. The molecule has 3 rings (SSSR count). The zero-order valence-corrected chi connectivity index (χ0v) is 15.9. The van der Waals surface area contributed by atoms with Crippen molar-refractivity contribution in [1.29, 1.82) is 0 Å². The van der Waals surface area contributed by atoms with Gasteiger partial charge in [-0.3, -0.25) is 9.79 Å². The summed E-state index contributed by atoms with van der Waals surface area (Å²) < 4.78 is 38.8. The first kappa shape index (κ1) is 19.8. The fourth-order valence-corrected chi connectivity index (χ4v) is 4.51. The highest BCUT2D eigenvalue weighted by atomic mass is 32.2. The van der Waals surface area contributed by atoms with Crippen molar-refractivity contribution in [3.8, 4) is 0 Å². The number of benzene rings is 2. The number of hydrogen-bond donors (Lipinski definition) is 1. The van der Waals surface area contributed by atoms with Crippen LogP contribution in [0.3, 0.4) is 0 Å². The third-order valence-corrected chi connectivity index (χ3v) is 6.21. The molecule has 1 aliphatic heterocycles. The van der Waals surface area contributed by atoms with E-state index in [4.69, 9.17) is 0 Å². The molecule has 0 saturated heterocycles. The third kappa shape index (κ3) is 5.52. The molecule has 2 aromatic carbocycles. The maximum absolute atomic E-state index is 12.6. The van der Waals surface area contributed by atoms with Crippen molar-refractivity contribution in [1.82, 2.24) is 5.32 Å². The molecule has 2 aromatic rings. The average Bonchev–Trinajstić information content (AvgIpc) is 3.18. The summed E-state index contributed by atoms with van der Waals surface area (Å²) in [6.45, 7) is 1.00. The number of rotatable bonds is 5. The molecule has 8 heteroatoms. The zero-order valence-electron chi connectivity index (χ0n) is 14.3. The first-order chi connectivity index (χ1) is 12.9. The van der Waals surface area contributed by atoms with Crippen LogP contribution in [-0.4, -0.2) is 22.6 Å². The Morgan fingerprint density at radius 2 is 1.89 bits per heavy atom. The molecule has 0 aromatic heterocycles. The van der Waals surface area contributed by atoms with E-state index in [0.717, 1.165) is 34.4 Å². The molecular formula is C19H17F3N2OS2. The minimum Gasteiger partial charge on any atom is -0.348 e. The number of hydrogen-bond acceptors (Lipinski definition) is 4. The second kappa shape index (κ2) is 8.84. The van der Waals surface area contributed by atoms with Gasteiger partial charge in [0.25, 0.3) is 5.91 Å². The smallest absolute Gasteiger partial charge is 0.348 e. The summed E-state index contributed by atoms with van der Waals surface area (Å²) in [6.07, 6.45) is -4.36. The molecule has 0 radical (unpaired) electrons. The van der Waals surface area contributed by atoms with Crippen LogP contribution in [0.2, 0.25) is 0 Å². The van der Waals surface area contributed by atoms with E-state index in [1.807, 2.05) is 12.1 Å². The van der Waals surface area contributed by atoms with Crippen molar-refractivity contribution < 1.29 is 18.0 Å². The van der Waals surface area contributed by atoms with Gasteiger partial charge in [0.2, 0.25) is 0 Å². The fourth-order valence-electron chi connectivity index (χ4n) is 2.50. The summed E-state index contributed by atoms with van der Waals surface area (Å²) in [5, 5.41) is 2.78. The van der Waals surface area contributed by atoms with E-state index < -0.39 is 11.7 Å². The molecule has 1 heterocycles. The van der Waals surface area contributed by atoms with Gasteiger partial charge in [0.05, 0.1) is 12.1 Å². The molecular weight excluding hydrogens is 393 g/mol. The van der Waals surface area contributed by atoms with Crippen molar-refractivity contribution in [2.75, 3.05) is 12.3 Å². The lowest BCUT2D eigenvalue weighted by molar-refractivity contribution is -0.137. The van der Waals surface area contributed by atoms with E-state index in [2.05, 4.69) is 10.3 Å². The van der Waals surface area contributed by atoms with Gasteiger partial charge >= 0.3 is 6.18 Å². The van der Waals surface area contributed by atoms with Crippen LogP contribution in [0.25, 0.3) is 0 Å². The van der Waals surface area contributed by atoms with E-state index in [9.17, 15) is 18.0 Å². The van der Waals surface area contributed by atoms with E-state index in [1.165, 1.54) is 12.1 Å². The Labute approximate surface area is 163 Å². The second-order valence-electron chi connectivity index (χ2n) is 5.82. The molecule has 0 fully saturated rings. The molecule has 27 heavy (non-hydrogen) atoms. The van der Waals surface area contributed by atoms with Crippen molar-refractivity contribution in [3.63, 3.8) is 0 Å². The predicted molar refractivity (Wildman–Crippen MR) is 105 cm³/mol. The van der Waals surface area contributed by atoms with Crippen LogP contribution in [0.5, 0.6) is 0 Å². The molecule has 0 spiro atoms. The van der Waals surface area contributed by atoms with Crippen molar-refractivity contribution >= 4 is 33.8 Å². The van der Waals surface area contributed by atoms with Crippen LogP contribution in [-0.2, 0) is 18.5 Å². The summed E-state index contributed by atoms with van der Waals surface area (Å²) in [5.41, 5.74) is 1.38. The Hall–Kier alpha value is -1.93. The van der Waals surface area contributed by atoms with Crippen molar-refractivity contribution in [2.45, 2.75) is 18.5 Å². The SMILES string of the molecule is O=C(NCc1ccc(C(F)(F)F)cc1)c1ccccc1CSC1=NCCS1. The molecule has 1 amide bonds. The Kier molecular flexibility index (Phi) is 6.49. The number of nitrogens with one attached hydrogen (secondary N) is 1. The van der Waals surface area contributed by atoms with Gasteiger partial charge < -0.3 is 5.32 Å². The van der Waals surface area contributed by atoms with Gasteiger partial charge in [-0.1, -0.05) is 53.9 Å². The zero-order chi connectivity index (χ0) is 19.3. The third-order valence-electron chi connectivity index (χ3n) is 3.91. The van der Waals surface area contributed by atoms with Gasteiger partial charge in [0.15, 0.2) is 0 Å². The minimum absolute atomic E-state index is 0.168. The number of alkyl halides is 3.